The zero-order valence-corrected chi connectivity index (χ0v) is 14.3. The van der Waals surface area contributed by atoms with Gasteiger partial charge >= 0.3 is 18.1 Å². The fourth-order valence-electron chi connectivity index (χ4n) is 1.04. The van der Waals surface area contributed by atoms with Crippen molar-refractivity contribution in [2.24, 2.45) is 0 Å². The Hall–Kier alpha value is -1.95. The molecule has 0 spiro atoms. The van der Waals surface area contributed by atoms with Crippen molar-refractivity contribution >= 4 is 39.4 Å². The second-order valence-corrected chi connectivity index (χ2v) is 6.76. The number of carbonyl (C=O) groups is 3. The maximum atomic E-state index is 11.6. The van der Waals surface area contributed by atoms with Gasteiger partial charge in [0.15, 0.2) is 0 Å². The van der Waals surface area contributed by atoms with Gasteiger partial charge in [0.25, 0.3) is 5.91 Å². The summed E-state index contributed by atoms with van der Waals surface area (Å²) in [5.41, 5.74) is 0.404. The van der Waals surface area contributed by atoms with Gasteiger partial charge in [-0.05, 0) is 12.1 Å². The second kappa shape index (κ2) is 12.4. The average molecular weight is 400 g/mol. The van der Waals surface area contributed by atoms with Gasteiger partial charge in [-0.15, -0.1) is 0 Å². The van der Waals surface area contributed by atoms with E-state index >= 15 is 0 Å². The third kappa shape index (κ3) is 13.1. The summed E-state index contributed by atoms with van der Waals surface area (Å²) in [6.45, 7) is 0.542. The number of carbonyl (C=O) groups excluding carboxylic acids is 1. The number of alkyl halides is 3. The van der Waals surface area contributed by atoms with Crippen LogP contribution in [-0.4, -0.2) is 57.3 Å². The fraction of sp³-hybridized carbons (Fsp3) is 0.385. The van der Waals surface area contributed by atoms with Crippen molar-refractivity contribution in [2.45, 2.75) is 12.6 Å². The van der Waals surface area contributed by atoms with Gasteiger partial charge in [0.05, 0.1) is 6.42 Å². The number of nitrogens with one attached hydrogen (secondary N) is 1. The van der Waals surface area contributed by atoms with Crippen molar-refractivity contribution in [3.63, 3.8) is 0 Å². The Balaban J connectivity index is 0.000000697. The molecule has 1 aromatic rings. The van der Waals surface area contributed by atoms with Crippen molar-refractivity contribution in [1.29, 1.82) is 0 Å². The molecule has 0 radical (unpaired) electrons. The summed E-state index contributed by atoms with van der Waals surface area (Å²) < 4.78 is 31.7. The van der Waals surface area contributed by atoms with Crippen molar-refractivity contribution in [3.8, 4) is 0 Å². The van der Waals surface area contributed by atoms with Crippen LogP contribution in [0.25, 0.3) is 0 Å². The molecule has 3 N–H and O–H groups in total. The Kier molecular flexibility index (Phi) is 11.4. The summed E-state index contributed by atoms with van der Waals surface area (Å²) >= 11 is 0. The highest BCUT2D eigenvalue weighted by Gasteiger charge is 2.38. The van der Waals surface area contributed by atoms with E-state index in [1.165, 1.54) is 10.8 Å². The van der Waals surface area contributed by atoms with E-state index in [9.17, 15) is 22.8 Å². The van der Waals surface area contributed by atoms with Crippen LogP contribution in [0.3, 0.4) is 0 Å². The minimum atomic E-state index is -5.08. The number of amides is 1. The molecule has 0 aromatic carbocycles. The molecule has 140 valence electrons. The van der Waals surface area contributed by atoms with Crippen molar-refractivity contribution < 1.29 is 37.8 Å². The van der Waals surface area contributed by atoms with Gasteiger partial charge in [0.1, 0.15) is 5.69 Å². The van der Waals surface area contributed by atoms with E-state index in [1.54, 1.807) is 35.2 Å². The molecule has 1 aromatic heterocycles. The van der Waals surface area contributed by atoms with Gasteiger partial charge in [0, 0.05) is 24.2 Å². The summed E-state index contributed by atoms with van der Waals surface area (Å²) in [7, 11) is 3.05. The molecule has 1 rings (SSSR count). The van der Waals surface area contributed by atoms with E-state index in [0.29, 0.717) is 18.0 Å². The molecule has 0 aliphatic heterocycles. The lowest BCUT2D eigenvalue weighted by atomic mass is 10.3. The van der Waals surface area contributed by atoms with E-state index in [2.05, 4.69) is 10.3 Å². The first kappa shape index (κ1) is 23.1. The maximum absolute atomic E-state index is 11.6. The average Bonchev–Trinajstić information content (AvgIpc) is 2.54. The van der Waals surface area contributed by atoms with E-state index in [4.69, 9.17) is 15.0 Å². The first-order valence-corrected chi connectivity index (χ1v) is 9.09. The van der Waals surface area contributed by atoms with E-state index in [-0.39, 0.29) is 12.3 Å². The van der Waals surface area contributed by atoms with Gasteiger partial charge < -0.3 is 15.5 Å². The maximum Gasteiger partial charge on any atom is 0.490 e. The number of halogens is 3. The van der Waals surface area contributed by atoms with E-state index in [0.717, 1.165) is 5.75 Å². The largest absolute Gasteiger partial charge is 0.490 e. The summed E-state index contributed by atoms with van der Waals surface area (Å²) in [5.74, 6) is -2.41. The smallest absolute Gasteiger partial charge is 0.481 e. The van der Waals surface area contributed by atoms with Crippen LogP contribution in [0.2, 0.25) is 0 Å². The second-order valence-electron chi connectivity index (χ2n) is 4.06. The Labute approximate surface area is 148 Å². The molecule has 0 saturated heterocycles. The fourth-order valence-corrected chi connectivity index (χ4v) is 2.93. The van der Waals surface area contributed by atoms with Crippen molar-refractivity contribution in [1.82, 2.24) is 10.3 Å². The number of carboxylic acids is 2. The number of hydrogen-bond donors (Lipinski definition) is 3. The lowest BCUT2D eigenvalue weighted by Crippen LogP contribution is -2.26. The number of pyridine rings is 1. The van der Waals surface area contributed by atoms with Gasteiger partial charge in [0.2, 0.25) is 0 Å². The molecule has 0 aliphatic rings. The highest BCUT2D eigenvalue weighted by atomic mass is 33.1. The van der Waals surface area contributed by atoms with E-state index < -0.39 is 18.1 Å². The quantitative estimate of drug-likeness (QED) is 0.450. The molecule has 0 unspecified atom stereocenters. The standard InChI is InChI=1S/C11H14N2O3S2.C2HF3O2/c14-10(15)4-7-17-18-8-6-13-11(16)9-3-1-2-5-12-9;3-2(4,5)1(6)7/h1-3,5H,4,6-8H2,(H,13,16)(H,14,15);(H,6,7). The summed E-state index contributed by atoms with van der Waals surface area (Å²) in [5, 5.41) is 18.3. The molecule has 0 bridgehead atoms. The monoisotopic (exact) mass is 400 g/mol. The molecule has 0 atom stereocenters. The Bertz CT molecular complexity index is 558. The molecule has 12 heteroatoms. The third-order valence-corrected chi connectivity index (χ3v) is 4.50. The predicted molar refractivity (Wildman–Crippen MR) is 87.4 cm³/mol. The van der Waals surface area contributed by atoms with Gasteiger partial charge in [-0.25, -0.2) is 4.79 Å². The molecule has 0 fully saturated rings. The number of carboxylic acid groups (broad SMARTS) is 2. The van der Waals surface area contributed by atoms with Crippen molar-refractivity contribution in [2.75, 3.05) is 18.1 Å². The first-order valence-electron chi connectivity index (χ1n) is 6.60. The molecule has 0 aliphatic carbocycles. The van der Waals surface area contributed by atoms with Crippen LogP contribution in [0, 0.1) is 0 Å². The molecule has 25 heavy (non-hydrogen) atoms. The molecule has 0 saturated carbocycles. The number of rotatable bonds is 8. The number of nitrogens with zero attached hydrogens (tertiary/aromatic N) is 1. The Morgan fingerprint density at radius 1 is 1.12 bits per heavy atom. The zero-order valence-electron chi connectivity index (χ0n) is 12.7. The van der Waals surface area contributed by atoms with Crippen LogP contribution in [0.4, 0.5) is 13.2 Å². The van der Waals surface area contributed by atoms with Crippen molar-refractivity contribution in [3.05, 3.63) is 30.1 Å². The SMILES string of the molecule is O=C(O)C(F)(F)F.O=C(O)CCSSCCNC(=O)c1ccccn1. The van der Waals surface area contributed by atoms with Crippen LogP contribution in [-0.2, 0) is 9.59 Å². The normalized spacial score (nSPS) is 10.4. The summed E-state index contributed by atoms with van der Waals surface area (Å²) in [6.07, 6.45) is -3.34. The zero-order chi connectivity index (χ0) is 19.3. The number of aliphatic carboxylic acids is 2. The van der Waals surface area contributed by atoms with Crippen LogP contribution in [0.1, 0.15) is 16.9 Å². The van der Waals surface area contributed by atoms with E-state index in [1.807, 2.05) is 0 Å². The molecular weight excluding hydrogens is 385 g/mol. The Morgan fingerprint density at radius 2 is 1.72 bits per heavy atom. The Morgan fingerprint density at radius 3 is 2.20 bits per heavy atom. The minimum absolute atomic E-state index is 0.165. The number of aromatic nitrogens is 1. The number of hydrogen-bond acceptors (Lipinski definition) is 6. The topological polar surface area (TPSA) is 117 Å². The lowest BCUT2D eigenvalue weighted by molar-refractivity contribution is -0.192. The van der Waals surface area contributed by atoms with Gasteiger partial charge in [-0.3, -0.25) is 14.6 Å². The predicted octanol–water partition coefficient (Wildman–Crippen LogP) is 2.30. The molecular formula is C13H15F3N2O5S2. The molecule has 1 heterocycles. The molecule has 7 nitrogen and oxygen atoms in total. The summed E-state index contributed by atoms with van der Waals surface area (Å²) in [6, 6.07) is 5.17. The highest BCUT2D eigenvalue weighted by Crippen LogP contribution is 2.20. The third-order valence-electron chi connectivity index (χ3n) is 2.09. The molecule has 1 amide bonds. The lowest BCUT2D eigenvalue weighted by Gasteiger charge is -2.03. The van der Waals surface area contributed by atoms with Crippen LogP contribution in [0.5, 0.6) is 0 Å². The van der Waals surface area contributed by atoms with Gasteiger partial charge in [-0.1, -0.05) is 27.7 Å². The van der Waals surface area contributed by atoms with Gasteiger partial charge in [-0.2, -0.15) is 13.2 Å². The van der Waals surface area contributed by atoms with Crippen LogP contribution in [0.15, 0.2) is 24.4 Å². The van der Waals surface area contributed by atoms with Crippen LogP contribution >= 0.6 is 21.6 Å². The minimum Gasteiger partial charge on any atom is -0.481 e. The summed E-state index contributed by atoms with van der Waals surface area (Å²) in [4.78, 5) is 34.6. The first-order chi connectivity index (χ1) is 11.6. The van der Waals surface area contributed by atoms with Crippen LogP contribution < -0.4 is 5.32 Å². The highest BCUT2D eigenvalue weighted by molar-refractivity contribution is 8.76.